The maximum Gasteiger partial charge on any atom is 0.137 e. The summed E-state index contributed by atoms with van der Waals surface area (Å²) >= 11 is 18.9. The minimum absolute atomic E-state index is 0.233. The fraction of sp³-hybridized carbons (Fsp3) is 0.385. The van der Waals surface area contributed by atoms with Crippen molar-refractivity contribution in [1.82, 2.24) is 9.55 Å². The van der Waals surface area contributed by atoms with Gasteiger partial charge in [-0.25, -0.2) is 4.98 Å². The van der Waals surface area contributed by atoms with Crippen molar-refractivity contribution >= 4 is 34.8 Å². The Labute approximate surface area is 216 Å². The number of ether oxygens (including phenoxy) is 2. The van der Waals surface area contributed by atoms with Crippen LogP contribution in [0, 0.1) is 23.2 Å². The molecule has 0 saturated heterocycles. The molecule has 2 unspecified atom stereocenters. The van der Waals surface area contributed by atoms with Crippen LogP contribution in [0.4, 0.5) is 0 Å². The van der Waals surface area contributed by atoms with E-state index in [0.717, 1.165) is 11.1 Å². The second-order valence-corrected chi connectivity index (χ2v) is 10.0. The van der Waals surface area contributed by atoms with Gasteiger partial charge in [-0.05, 0) is 35.4 Å². The lowest BCUT2D eigenvalue weighted by Gasteiger charge is -2.27. The summed E-state index contributed by atoms with van der Waals surface area (Å²) in [4.78, 5) is 4.00. The van der Waals surface area contributed by atoms with Gasteiger partial charge in [0, 0.05) is 36.2 Å². The van der Waals surface area contributed by atoms with Crippen LogP contribution < -0.4 is 9.47 Å². The summed E-state index contributed by atoms with van der Waals surface area (Å²) in [7, 11) is 0. The van der Waals surface area contributed by atoms with Crippen molar-refractivity contribution in [3.05, 3.63) is 76.3 Å². The molecule has 0 spiro atoms. The van der Waals surface area contributed by atoms with Crippen LogP contribution in [0.5, 0.6) is 11.5 Å². The summed E-state index contributed by atoms with van der Waals surface area (Å²) in [5.74, 6) is 1.64. The number of rotatable bonds is 11. The van der Waals surface area contributed by atoms with Gasteiger partial charge in [-0.2, -0.15) is 5.26 Å². The van der Waals surface area contributed by atoms with Crippen molar-refractivity contribution < 1.29 is 9.47 Å². The molecule has 1 heterocycles. The highest BCUT2D eigenvalue weighted by Gasteiger charge is 2.25. The quantitative estimate of drug-likeness (QED) is 0.256. The molecule has 0 radical (unpaired) electrons. The normalized spacial score (nSPS) is 13.2. The van der Waals surface area contributed by atoms with Crippen LogP contribution in [0.1, 0.15) is 31.9 Å². The molecule has 2 atom stereocenters. The predicted octanol–water partition coefficient (Wildman–Crippen LogP) is 6.99. The van der Waals surface area contributed by atoms with Gasteiger partial charge in [-0.15, -0.1) is 11.6 Å². The Balaban J connectivity index is 1.70. The highest BCUT2D eigenvalue weighted by atomic mass is 35.5. The van der Waals surface area contributed by atoms with Crippen molar-refractivity contribution in [2.45, 2.75) is 32.7 Å². The van der Waals surface area contributed by atoms with Gasteiger partial charge in [0.25, 0.3) is 0 Å². The molecule has 2 aromatic carbocycles. The van der Waals surface area contributed by atoms with Crippen LogP contribution in [0.3, 0.4) is 0 Å². The minimum Gasteiger partial charge on any atom is -0.492 e. The van der Waals surface area contributed by atoms with E-state index >= 15 is 0 Å². The number of nitriles is 1. The molecule has 3 aromatic rings. The maximum atomic E-state index is 9.44. The first-order chi connectivity index (χ1) is 16.2. The van der Waals surface area contributed by atoms with Gasteiger partial charge in [-0.3, -0.25) is 0 Å². The molecule has 0 bridgehead atoms. The molecule has 0 aliphatic heterocycles. The molecule has 0 aliphatic carbocycles. The molecule has 1 aromatic heterocycles. The van der Waals surface area contributed by atoms with Crippen molar-refractivity contribution in [3.63, 3.8) is 0 Å². The van der Waals surface area contributed by atoms with Crippen LogP contribution in [0.2, 0.25) is 10.0 Å². The first kappa shape index (κ1) is 26.2. The molecule has 0 N–H and O–H groups in total. The molecule has 180 valence electrons. The van der Waals surface area contributed by atoms with Gasteiger partial charge in [0.15, 0.2) is 0 Å². The molecular formula is C26H28Cl3N3O2. The molecule has 0 amide bonds. The minimum atomic E-state index is -0.357. The topological polar surface area (TPSA) is 60.1 Å². The van der Waals surface area contributed by atoms with Gasteiger partial charge in [0.1, 0.15) is 18.1 Å². The van der Waals surface area contributed by atoms with Crippen LogP contribution >= 0.6 is 34.8 Å². The van der Waals surface area contributed by atoms with E-state index in [1.54, 1.807) is 12.5 Å². The number of nitrogens with zero attached hydrogens (tertiary/aromatic N) is 3. The van der Waals surface area contributed by atoms with Gasteiger partial charge in [0.05, 0.1) is 35.0 Å². The smallest absolute Gasteiger partial charge is 0.137 e. The van der Waals surface area contributed by atoms with E-state index < -0.39 is 0 Å². The number of benzene rings is 2. The zero-order chi connectivity index (χ0) is 24.7. The van der Waals surface area contributed by atoms with E-state index in [-0.39, 0.29) is 23.9 Å². The highest BCUT2D eigenvalue weighted by molar-refractivity contribution is 6.32. The first-order valence-corrected chi connectivity index (χ1v) is 12.3. The van der Waals surface area contributed by atoms with E-state index in [1.165, 1.54) is 0 Å². The maximum absolute atomic E-state index is 9.44. The molecule has 0 saturated carbocycles. The number of hydrogen-bond donors (Lipinski definition) is 0. The van der Waals surface area contributed by atoms with Gasteiger partial charge >= 0.3 is 0 Å². The van der Waals surface area contributed by atoms with Crippen molar-refractivity contribution in [2.75, 3.05) is 19.1 Å². The third kappa shape index (κ3) is 6.60. The lowest BCUT2D eigenvalue weighted by molar-refractivity contribution is 0.265. The highest BCUT2D eigenvalue weighted by Crippen LogP contribution is 2.38. The summed E-state index contributed by atoms with van der Waals surface area (Å²) in [6, 6.07) is 13.8. The van der Waals surface area contributed by atoms with E-state index in [4.69, 9.17) is 44.3 Å². The monoisotopic (exact) mass is 519 g/mol. The average Bonchev–Trinajstić information content (AvgIpc) is 3.34. The fourth-order valence-corrected chi connectivity index (χ4v) is 3.99. The molecule has 3 rings (SSSR count). The Morgan fingerprint density at radius 2 is 1.62 bits per heavy atom. The Morgan fingerprint density at radius 1 is 1.03 bits per heavy atom. The summed E-state index contributed by atoms with van der Waals surface area (Å²) in [5, 5.41) is 10.5. The Kier molecular flexibility index (Phi) is 9.13. The van der Waals surface area contributed by atoms with Crippen molar-refractivity contribution in [1.29, 1.82) is 5.26 Å². The van der Waals surface area contributed by atoms with Gasteiger partial charge < -0.3 is 14.0 Å². The second kappa shape index (κ2) is 11.8. The van der Waals surface area contributed by atoms with E-state index in [0.29, 0.717) is 40.6 Å². The molecule has 5 nitrogen and oxygen atoms in total. The average molecular weight is 521 g/mol. The SMILES string of the molecule is CC(CCl)COc1ccc(C(C)(C)c2ccc(OCC(C#N)Cn3ccnc3)c(Cl)c2)cc1Cl. The Hall–Kier alpha value is -2.39. The van der Waals surface area contributed by atoms with Crippen LogP contribution in [0.25, 0.3) is 0 Å². The summed E-state index contributed by atoms with van der Waals surface area (Å²) in [6.45, 7) is 7.49. The largest absolute Gasteiger partial charge is 0.492 e. The van der Waals surface area contributed by atoms with Crippen LogP contribution in [-0.4, -0.2) is 28.6 Å². The molecule has 8 heteroatoms. The zero-order valence-corrected chi connectivity index (χ0v) is 21.7. The zero-order valence-electron chi connectivity index (χ0n) is 19.5. The molecule has 34 heavy (non-hydrogen) atoms. The molecular weight excluding hydrogens is 493 g/mol. The third-order valence-corrected chi connectivity index (χ3v) is 6.82. The molecule has 0 aliphatic rings. The van der Waals surface area contributed by atoms with Gasteiger partial charge in [-0.1, -0.05) is 56.1 Å². The number of aromatic nitrogens is 2. The first-order valence-electron chi connectivity index (χ1n) is 11.0. The van der Waals surface area contributed by atoms with Gasteiger partial charge in [0.2, 0.25) is 0 Å². The lowest BCUT2D eigenvalue weighted by atomic mass is 9.78. The standard InChI is InChI=1S/C26H28Cl3N3O2/c1-18(12-27)15-33-24-6-4-20(10-22(24)28)26(2,3)21-5-7-25(23(29)11-21)34-16-19(13-30)14-32-9-8-31-17-32/h4-11,17-19H,12,14-16H2,1-3H3. The summed E-state index contributed by atoms with van der Waals surface area (Å²) in [6.07, 6.45) is 5.18. The Morgan fingerprint density at radius 3 is 2.09 bits per heavy atom. The fourth-order valence-electron chi connectivity index (χ4n) is 3.43. The predicted molar refractivity (Wildman–Crippen MR) is 137 cm³/mol. The number of halogens is 3. The third-order valence-electron chi connectivity index (χ3n) is 5.71. The molecule has 0 fully saturated rings. The van der Waals surface area contributed by atoms with Crippen molar-refractivity contribution in [3.8, 4) is 17.6 Å². The van der Waals surface area contributed by atoms with Crippen molar-refractivity contribution in [2.24, 2.45) is 11.8 Å². The summed E-state index contributed by atoms with van der Waals surface area (Å²) < 4.78 is 13.5. The summed E-state index contributed by atoms with van der Waals surface area (Å²) in [5.41, 5.74) is 1.69. The van der Waals surface area contributed by atoms with Crippen LogP contribution in [-0.2, 0) is 12.0 Å². The lowest BCUT2D eigenvalue weighted by Crippen LogP contribution is -2.19. The second-order valence-electron chi connectivity index (χ2n) is 8.88. The number of imidazole rings is 1. The van der Waals surface area contributed by atoms with E-state index in [2.05, 4.69) is 24.9 Å². The Bertz CT molecular complexity index is 1130. The number of alkyl halides is 1. The van der Waals surface area contributed by atoms with E-state index in [1.807, 2.05) is 54.1 Å². The van der Waals surface area contributed by atoms with Crippen LogP contribution in [0.15, 0.2) is 55.1 Å². The number of hydrogen-bond acceptors (Lipinski definition) is 4. The van der Waals surface area contributed by atoms with E-state index in [9.17, 15) is 5.26 Å².